The van der Waals surface area contributed by atoms with E-state index in [0.29, 0.717) is 13.0 Å². The van der Waals surface area contributed by atoms with E-state index < -0.39 is 0 Å². The van der Waals surface area contributed by atoms with Crippen molar-refractivity contribution in [1.82, 2.24) is 4.98 Å². The smallest absolute Gasteiger partial charge is 0.306 e. The standard InChI is InChI=1S/C13H19NO2/c1-2-3-4-5-8-13(15)16-11-12-7-6-9-14-10-12/h6-7,9-10H,2-5,8,11H2,1H3. The summed E-state index contributed by atoms with van der Waals surface area (Å²) in [6.07, 6.45) is 8.36. The Kier molecular flexibility index (Phi) is 6.23. The molecule has 3 heteroatoms. The summed E-state index contributed by atoms with van der Waals surface area (Å²) in [4.78, 5) is 15.3. The Balaban J connectivity index is 2.11. The molecule has 0 fully saturated rings. The second kappa shape index (κ2) is 7.85. The zero-order chi connectivity index (χ0) is 11.6. The van der Waals surface area contributed by atoms with Crippen LogP contribution in [0.25, 0.3) is 0 Å². The first-order valence-corrected chi connectivity index (χ1v) is 5.87. The third-order valence-electron chi connectivity index (χ3n) is 2.36. The first kappa shape index (κ1) is 12.7. The number of hydrogen-bond donors (Lipinski definition) is 0. The molecule has 0 radical (unpaired) electrons. The average Bonchev–Trinajstić information content (AvgIpc) is 2.33. The molecule has 0 aromatic carbocycles. The van der Waals surface area contributed by atoms with Crippen molar-refractivity contribution in [1.29, 1.82) is 0 Å². The van der Waals surface area contributed by atoms with Gasteiger partial charge in [0.15, 0.2) is 0 Å². The van der Waals surface area contributed by atoms with Gasteiger partial charge >= 0.3 is 5.97 Å². The SMILES string of the molecule is CCCCCCC(=O)OCc1cccnc1. The van der Waals surface area contributed by atoms with Crippen LogP contribution in [-0.4, -0.2) is 11.0 Å². The van der Waals surface area contributed by atoms with E-state index in [9.17, 15) is 4.79 Å². The molecule has 0 aliphatic rings. The van der Waals surface area contributed by atoms with E-state index >= 15 is 0 Å². The molecule has 0 saturated carbocycles. The number of pyridine rings is 1. The second-order valence-electron chi connectivity index (χ2n) is 3.83. The Bertz CT molecular complexity index is 298. The number of aromatic nitrogens is 1. The number of rotatable bonds is 7. The number of unbranched alkanes of at least 4 members (excludes halogenated alkanes) is 3. The molecule has 1 heterocycles. The maximum Gasteiger partial charge on any atom is 0.306 e. The molecular weight excluding hydrogens is 202 g/mol. The number of hydrogen-bond acceptors (Lipinski definition) is 3. The van der Waals surface area contributed by atoms with Crippen LogP contribution in [0.2, 0.25) is 0 Å². The van der Waals surface area contributed by atoms with Crippen LogP contribution in [0.1, 0.15) is 44.6 Å². The van der Waals surface area contributed by atoms with Gasteiger partial charge in [0, 0.05) is 24.4 Å². The van der Waals surface area contributed by atoms with E-state index in [1.165, 1.54) is 12.8 Å². The molecule has 1 aromatic rings. The van der Waals surface area contributed by atoms with Crippen molar-refractivity contribution in [3.8, 4) is 0 Å². The van der Waals surface area contributed by atoms with Gasteiger partial charge in [-0.3, -0.25) is 9.78 Å². The van der Waals surface area contributed by atoms with E-state index in [4.69, 9.17) is 4.74 Å². The van der Waals surface area contributed by atoms with Gasteiger partial charge < -0.3 is 4.74 Å². The lowest BCUT2D eigenvalue weighted by Gasteiger charge is -2.04. The third-order valence-corrected chi connectivity index (χ3v) is 2.36. The van der Waals surface area contributed by atoms with E-state index in [1.807, 2.05) is 12.1 Å². The van der Waals surface area contributed by atoms with Crippen molar-refractivity contribution in [3.63, 3.8) is 0 Å². The molecule has 88 valence electrons. The topological polar surface area (TPSA) is 39.2 Å². The van der Waals surface area contributed by atoms with Gasteiger partial charge in [0.25, 0.3) is 0 Å². The minimum absolute atomic E-state index is 0.111. The van der Waals surface area contributed by atoms with Crippen molar-refractivity contribution in [2.24, 2.45) is 0 Å². The third kappa shape index (κ3) is 5.49. The number of esters is 1. The van der Waals surface area contributed by atoms with Gasteiger partial charge in [0.2, 0.25) is 0 Å². The van der Waals surface area contributed by atoms with Gasteiger partial charge in [-0.25, -0.2) is 0 Å². The van der Waals surface area contributed by atoms with Crippen LogP contribution in [0.15, 0.2) is 24.5 Å². The fraction of sp³-hybridized carbons (Fsp3) is 0.538. The van der Waals surface area contributed by atoms with E-state index in [2.05, 4.69) is 11.9 Å². The van der Waals surface area contributed by atoms with Crippen molar-refractivity contribution in [2.45, 2.75) is 45.6 Å². The first-order valence-electron chi connectivity index (χ1n) is 5.87. The molecular formula is C13H19NO2. The Morgan fingerprint density at radius 1 is 1.38 bits per heavy atom. The number of carbonyl (C=O) groups excluding carboxylic acids is 1. The molecule has 16 heavy (non-hydrogen) atoms. The summed E-state index contributed by atoms with van der Waals surface area (Å²) in [7, 11) is 0. The fourth-order valence-electron chi connectivity index (χ4n) is 1.42. The molecule has 0 bridgehead atoms. The monoisotopic (exact) mass is 221 g/mol. The van der Waals surface area contributed by atoms with Gasteiger partial charge in [-0.2, -0.15) is 0 Å². The van der Waals surface area contributed by atoms with Crippen LogP contribution in [0.5, 0.6) is 0 Å². The summed E-state index contributed by atoms with van der Waals surface area (Å²) < 4.78 is 5.13. The van der Waals surface area contributed by atoms with Crippen molar-refractivity contribution < 1.29 is 9.53 Å². The highest BCUT2D eigenvalue weighted by molar-refractivity contribution is 5.69. The largest absolute Gasteiger partial charge is 0.461 e. The maximum absolute atomic E-state index is 11.3. The molecule has 0 saturated heterocycles. The number of carbonyl (C=O) groups is 1. The van der Waals surface area contributed by atoms with E-state index in [-0.39, 0.29) is 5.97 Å². The quantitative estimate of drug-likeness (QED) is 0.524. The molecule has 0 amide bonds. The Hall–Kier alpha value is -1.38. The van der Waals surface area contributed by atoms with Crippen LogP contribution >= 0.6 is 0 Å². The Morgan fingerprint density at radius 3 is 2.94 bits per heavy atom. The van der Waals surface area contributed by atoms with Crippen LogP contribution < -0.4 is 0 Å². The fourth-order valence-corrected chi connectivity index (χ4v) is 1.42. The lowest BCUT2D eigenvalue weighted by atomic mass is 10.1. The lowest BCUT2D eigenvalue weighted by Crippen LogP contribution is -2.04. The normalized spacial score (nSPS) is 10.1. The molecule has 0 atom stereocenters. The molecule has 0 aliphatic carbocycles. The molecule has 1 rings (SSSR count). The summed E-state index contributed by atoms with van der Waals surface area (Å²) in [5, 5.41) is 0. The van der Waals surface area contributed by atoms with Crippen LogP contribution in [0.3, 0.4) is 0 Å². The Morgan fingerprint density at radius 2 is 2.25 bits per heavy atom. The molecule has 0 N–H and O–H groups in total. The highest BCUT2D eigenvalue weighted by Gasteiger charge is 2.02. The minimum Gasteiger partial charge on any atom is -0.461 e. The molecule has 0 aliphatic heterocycles. The summed E-state index contributed by atoms with van der Waals surface area (Å²) in [5.41, 5.74) is 0.935. The summed E-state index contributed by atoms with van der Waals surface area (Å²) in [5.74, 6) is -0.111. The Labute approximate surface area is 96.8 Å². The highest BCUT2D eigenvalue weighted by atomic mass is 16.5. The zero-order valence-electron chi connectivity index (χ0n) is 9.82. The predicted octanol–water partition coefficient (Wildman–Crippen LogP) is 3.10. The summed E-state index contributed by atoms with van der Waals surface area (Å²) in [6, 6.07) is 3.74. The first-order chi connectivity index (χ1) is 7.83. The molecule has 3 nitrogen and oxygen atoms in total. The zero-order valence-corrected chi connectivity index (χ0v) is 9.82. The van der Waals surface area contributed by atoms with Crippen LogP contribution in [0, 0.1) is 0 Å². The van der Waals surface area contributed by atoms with Gasteiger partial charge in [0.05, 0.1) is 0 Å². The summed E-state index contributed by atoms with van der Waals surface area (Å²) >= 11 is 0. The highest BCUT2D eigenvalue weighted by Crippen LogP contribution is 2.05. The average molecular weight is 221 g/mol. The number of ether oxygens (including phenoxy) is 1. The van der Waals surface area contributed by atoms with Gasteiger partial charge in [-0.1, -0.05) is 32.3 Å². The van der Waals surface area contributed by atoms with Crippen molar-refractivity contribution >= 4 is 5.97 Å². The van der Waals surface area contributed by atoms with Gasteiger partial charge in [-0.05, 0) is 12.5 Å². The van der Waals surface area contributed by atoms with Crippen LogP contribution in [0.4, 0.5) is 0 Å². The number of nitrogens with zero attached hydrogens (tertiary/aromatic N) is 1. The van der Waals surface area contributed by atoms with Gasteiger partial charge in [0.1, 0.15) is 6.61 Å². The van der Waals surface area contributed by atoms with Crippen molar-refractivity contribution in [2.75, 3.05) is 0 Å². The van der Waals surface area contributed by atoms with Gasteiger partial charge in [-0.15, -0.1) is 0 Å². The van der Waals surface area contributed by atoms with Crippen LogP contribution in [-0.2, 0) is 16.1 Å². The summed E-state index contributed by atoms with van der Waals surface area (Å²) in [6.45, 7) is 2.49. The minimum atomic E-state index is -0.111. The molecule has 1 aromatic heterocycles. The second-order valence-corrected chi connectivity index (χ2v) is 3.83. The predicted molar refractivity (Wildman–Crippen MR) is 62.8 cm³/mol. The maximum atomic E-state index is 11.3. The lowest BCUT2D eigenvalue weighted by molar-refractivity contribution is -0.145. The van der Waals surface area contributed by atoms with E-state index in [1.54, 1.807) is 12.4 Å². The molecule has 0 spiro atoms. The molecule has 0 unspecified atom stereocenters. The van der Waals surface area contributed by atoms with Crippen molar-refractivity contribution in [3.05, 3.63) is 30.1 Å². The van der Waals surface area contributed by atoms with E-state index in [0.717, 1.165) is 18.4 Å².